The number of likely N-dealkylation sites (N-methyl/N-ethyl adjacent to an activating group) is 1. The Kier molecular flexibility index (Phi) is 5.41. The summed E-state index contributed by atoms with van der Waals surface area (Å²) in [5, 5.41) is 7.48. The first-order valence-corrected chi connectivity index (χ1v) is 8.36. The van der Waals surface area contributed by atoms with E-state index in [2.05, 4.69) is 55.7 Å². The van der Waals surface area contributed by atoms with Crippen molar-refractivity contribution in [2.45, 2.75) is 46.1 Å². The summed E-state index contributed by atoms with van der Waals surface area (Å²) in [6.07, 6.45) is 3.68. The molecule has 1 nitrogen and oxygen atoms in total. The van der Waals surface area contributed by atoms with Gasteiger partial charge in [0.25, 0.3) is 0 Å². The maximum Gasteiger partial charge on any atom is 0.0345 e. The van der Waals surface area contributed by atoms with Crippen LogP contribution in [0, 0.1) is 5.92 Å². The molecule has 0 radical (unpaired) electrons. The van der Waals surface area contributed by atoms with Gasteiger partial charge in [0.2, 0.25) is 0 Å². The van der Waals surface area contributed by atoms with Gasteiger partial charge >= 0.3 is 0 Å². The highest BCUT2D eigenvalue weighted by molar-refractivity contribution is 7.17. The molecule has 0 aliphatic heterocycles. The van der Waals surface area contributed by atoms with Gasteiger partial charge in [0.05, 0.1) is 0 Å². The Morgan fingerprint density at radius 2 is 1.84 bits per heavy atom. The molecule has 1 atom stereocenters. The number of rotatable bonds is 7. The second-order valence-electron chi connectivity index (χ2n) is 5.20. The van der Waals surface area contributed by atoms with Crippen LogP contribution in [-0.4, -0.2) is 12.6 Å². The van der Waals surface area contributed by atoms with Crippen molar-refractivity contribution in [3.05, 3.63) is 35.2 Å². The molecule has 19 heavy (non-hydrogen) atoms. The topological polar surface area (TPSA) is 12.0 Å². The van der Waals surface area contributed by atoms with Gasteiger partial charge < -0.3 is 5.32 Å². The summed E-state index contributed by atoms with van der Waals surface area (Å²) < 4.78 is 1.41. The van der Waals surface area contributed by atoms with Crippen molar-refractivity contribution in [2.75, 3.05) is 6.54 Å². The zero-order chi connectivity index (χ0) is 13.7. The largest absolute Gasteiger partial charge is 0.314 e. The lowest BCUT2D eigenvalue weighted by molar-refractivity contribution is 0.337. The smallest absolute Gasteiger partial charge is 0.0345 e. The number of hydrogen-bond acceptors (Lipinski definition) is 2. The van der Waals surface area contributed by atoms with Crippen molar-refractivity contribution >= 4 is 21.4 Å². The molecule has 0 aliphatic carbocycles. The van der Waals surface area contributed by atoms with E-state index in [9.17, 15) is 0 Å². The summed E-state index contributed by atoms with van der Waals surface area (Å²) >= 11 is 1.87. The minimum Gasteiger partial charge on any atom is -0.314 e. The molecule has 1 aromatic heterocycles. The van der Waals surface area contributed by atoms with Crippen LogP contribution < -0.4 is 5.32 Å². The van der Waals surface area contributed by atoms with E-state index in [-0.39, 0.29) is 0 Å². The van der Waals surface area contributed by atoms with Gasteiger partial charge in [-0.1, -0.05) is 51.8 Å². The Bertz CT molecular complexity index is 499. The molecule has 2 rings (SSSR count). The van der Waals surface area contributed by atoms with Crippen LogP contribution in [-0.2, 0) is 6.42 Å². The molecule has 2 aromatic rings. The molecule has 0 spiro atoms. The zero-order valence-corrected chi connectivity index (χ0v) is 13.1. The minimum absolute atomic E-state index is 0.609. The fourth-order valence-electron chi connectivity index (χ4n) is 2.95. The summed E-state index contributed by atoms with van der Waals surface area (Å²) in [5.41, 5.74) is 1.51. The first-order chi connectivity index (χ1) is 9.30. The maximum absolute atomic E-state index is 3.69. The lowest BCUT2D eigenvalue weighted by Gasteiger charge is -2.26. The van der Waals surface area contributed by atoms with E-state index in [0.717, 1.165) is 18.9 Å². The van der Waals surface area contributed by atoms with Crippen LogP contribution >= 0.6 is 11.3 Å². The number of fused-ring (bicyclic) bond motifs is 1. The fraction of sp³-hybridized carbons (Fsp3) is 0.529. The molecular formula is C17H25NS. The second-order valence-corrected chi connectivity index (χ2v) is 6.11. The van der Waals surface area contributed by atoms with Gasteiger partial charge in [-0.25, -0.2) is 0 Å². The number of benzene rings is 1. The van der Waals surface area contributed by atoms with Crippen molar-refractivity contribution in [3.63, 3.8) is 0 Å². The highest BCUT2D eigenvalue weighted by Crippen LogP contribution is 2.28. The fourth-order valence-corrected chi connectivity index (χ4v) is 3.93. The van der Waals surface area contributed by atoms with Crippen molar-refractivity contribution in [2.24, 2.45) is 5.92 Å². The molecule has 1 aromatic carbocycles. The van der Waals surface area contributed by atoms with Gasteiger partial charge in [-0.2, -0.15) is 0 Å². The molecule has 104 valence electrons. The van der Waals surface area contributed by atoms with E-state index in [0.29, 0.717) is 6.04 Å². The Labute approximate surface area is 121 Å². The predicted molar refractivity (Wildman–Crippen MR) is 87.1 cm³/mol. The average Bonchev–Trinajstić information content (AvgIpc) is 2.84. The van der Waals surface area contributed by atoms with E-state index < -0.39 is 0 Å². The summed E-state index contributed by atoms with van der Waals surface area (Å²) in [7, 11) is 0. The van der Waals surface area contributed by atoms with Crippen molar-refractivity contribution in [1.82, 2.24) is 5.32 Å². The summed E-state index contributed by atoms with van der Waals surface area (Å²) in [5.74, 6) is 0.776. The SMILES string of the molecule is CCNC(Cc1csc2ccccc12)C(CC)CC. The normalized spacial score (nSPS) is 13.3. The van der Waals surface area contributed by atoms with Crippen molar-refractivity contribution < 1.29 is 0 Å². The standard InChI is InChI=1S/C17H25NS/c1-4-13(5-2)16(18-6-3)11-14-12-19-17-10-8-7-9-15(14)17/h7-10,12-13,16,18H,4-6,11H2,1-3H3. The molecule has 0 amide bonds. The van der Waals surface area contributed by atoms with Gasteiger partial charge in [-0.3, -0.25) is 0 Å². The molecule has 0 aliphatic rings. The van der Waals surface area contributed by atoms with Gasteiger partial charge in [-0.05, 0) is 41.3 Å². The minimum atomic E-state index is 0.609. The van der Waals surface area contributed by atoms with Crippen LogP contribution in [0.25, 0.3) is 10.1 Å². The second kappa shape index (κ2) is 7.06. The van der Waals surface area contributed by atoms with E-state index in [4.69, 9.17) is 0 Å². The van der Waals surface area contributed by atoms with Gasteiger partial charge in [0.1, 0.15) is 0 Å². The van der Waals surface area contributed by atoms with E-state index in [1.807, 2.05) is 11.3 Å². The molecule has 0 saturated carbocycles. The maximum atomic E-state index is 3.69. The Morgan fingerprint density at radius 3 is 2.53 bits per heavy atom. The molecule has 0 saturated heterocycles. The zero-order valence-electron chi connectivity index (χ0n) is 12.3. The molecule has 1 heterocycles. The highest BCUT2D eigenvalue weighted by Gasteiger charge is 2.19. The summed E-state index contributed by atoms with van der Waals surface area (Å²) in [6.45, 7) is 7.89. The number of hydrogen-bond donors (Lipinski definition) is 1. The molecule has 1 N–H and O–H groups in total. The third-order valence-corrected chi connectivity index (χ3v) is 5.10. The van der Waals surface area contributed by atoms with E-state index in [1.165, 1.54) is 28.5 Å². The Morgan fingerprint density at radius 1 is 1.11 bits per heavy atom. The molecule has 0 fully saturated rings. The van der Waals surface area contributed by atoms with Crippen LogP contribution in [0.4, 0.5) is 0 Å². The third kappa shape index (κ3) is 3.37. The van der Waals surface area contributed by atoms with Gasteiger partial charge in [0.15, 0.2) is 0 Å². The van der Waals surface area contributed by atoms with Crippen LogP contribution in [0.2, 0.25) is 0 Å². The highest BCUT2D eigenvalue weighted by atomic mass is 32.1. The first-order valence-electron chi connectivity index (χ1n) is 7.48. The lowest BCUT2D eigenvalue weighted by atomic mass is 9.89. The molecule has 1 unspecified atom stereocenters. The first kappa shape index (κ1) is 14.5. The van der Waals surface area contributed by atoms with Crippen molar-refractivity contribution in [1.29, 1.82) is 0 Å². The van der Waals surface area contributed by atoms with E-state index in [1.54, 1.807) is 0 Å². The van der Waals surface area contributed by atoms with Crippen molar-refractivity contribution in [3.8, 4) is 0 Å². The summed E-state index contributed by atoms with van der Waals surface area (Å²) in [6, 6.07) is 9.38. The van der Waals surface area contributed by atoms with Gasteiger partial charge in [0, 0.05) is 10.7 Å². The monoisotopic (exact) mass is 275 g/mol. The lowest BCUT2D eigenvalue weighted by Crippen LogP contribution is -2.37. The Hall–Kier alpha value is -0.860. The molecule has 0 bridgehead atoms. The number of nitrogens with one attached hydrogen (secondary N) is 1. The quantitative estimate of drug-likeness (QED) is 0.761. The predicted octanol–water partition coefficient (Wildman–Crippen LogP) is 4.86. The van der Waals surface area contributed by atoms with Crippen LogP contribution in [0.1, 0.15) is 39.2 Å². The average molecular weight is 275 g/mol. The van der Waals surface area contributed by atoms with Crippen LogP contribution in [0.5, 0.6) is 0 Å². The van der Waals surface area contributed by atoms with Crippen LogP contribution in [0.3, 0.4) is 0 Å². The summed E-state index contributed by atoms with van der Waals surface area (Å²) in [4.78, 5) is 0. The third-order valence-electron chi connectivity index (χ3n) is 4.09. The Balaban J connectivity index is 2.20. The number of thiophene rings is 1. The molecular weight excluding hydrogens is 250 g/mol. The molecule has 2 heteroatoms. The van der Waals surface area contributed by atoms with Gasteiger partial charge in [-0.15, -0.1) is 11.3 Å². The van der Waals surface area contributed by atoms with E-state index >= 15 is 0 Å². The van der Waals surface area contributed by atoms with Crippen LogP contribution in [0.15, 0.2) is 29.6 Å².